The monoisotopic (exact) mass is 308 g/mol. The molecule has 0 aromatic heterocycles. The Morgan fingerprint density at radius 3 is 2.91 bits per heavy atom. The van der Waals surface area contributed by atoms with E-state index in [0.29, 0.717) is 13.0 Å². The van der Waals surface area contributed by atoms with Crippen LogP contribution in [0.3, 0.4) is 0 Å². The van der Waals surface area contributed by atoms with Crippen molar-refractivity contribution in [3.8, 4) is 0 Å². The van der Waals surface area contributed by atoms with Gasteiger partial charge in [0, 0.05) is 18.9 Å². The minimum atomic E-state index is -1.00. The van der Waals surface area contributed by atoms with Crippen molar-refractivity contribution in [1.82, 2.24) is 0 Å². The zero-order valence-electron chi connectivity index (χ0n) is 12.8. The van der Waals surface area contributed by atoms with Gasteiger partial charge in [0.15, 0.2) is 5.60 Å². The maximum absolute atomic E-state index is 12.8. The van der Waals surface area contributed by atoms with Gasteiger partial charge < -0.3 is 18.9 Å². The van der Waals surface area contributed by atoms with E-state index >= 15 is 0 Å². The number of hydrogen-bond acceptors (Lipinski definition) is 6. The maximum Gasteiger partial charge on any atom is 0.316 e. The molecule has 0 unspecified atom stereocenters. The molecule has 0 N–H and O–H groups in total. The zero-order chi connectivity index (χ0) is 15.6. The summed E-state index contributed by atoms with van der Waals surface area (Å²) in [7, 11) is 2.92. The molecular formula is C16H20O6. The fraction of sp³-hybridized carbons (Fsp3) is 0.750. The molecule has 22 heavy (non-hydrogen) atoms. The molecule has 2 aliphatic carbocycles. The third-order valence-electron chi connectivity index (χ3n) is 6.14. The average molecular weight is 308 g/mol. The van der Waals surface area contributed by atoms with E-state index in [1.165, 1.54) is 7.11 Å². The Kier molecular flexibility index (Phi) is 2.79. The molecule has 3 fully saturated rings. The van der Waals surface area contributed by atoms with Crippen LogP contribution >= 0.6 is 0 Å². The maximum atomic E-state index is 12.8. The minimum absolute atomic E-state index is 0.342. The van der Waals surface area contributed by atoms with E-state index in [9.17, 15) is 9.59 Å². The third-order valence-corrected chi connectivity index (χ3v) is 6.14. The number of allylic oxidation sites excluding steroid dienone is 1. The van der Waals surface area contributed by atoms with Crippen LogP contribution in [-0.4, -0.2) is 44.7 Å². The first-order chi connectivity index (χ1) is 10.6. The van der Waals surface area contributed by atoms with E-state index in [-0.39, 0.29) is 11.9 Å². The van der Waals surface area contributed by atoms with E-state index < -0.39 is 28.6 Å². The summed E-state index contributed by atoms with van der Waals surface area (Å²) in [4.78, 5) is 25.3. The van der Waals surface area contributed by atoms with Gasteiger partial charge in [0.05, 0.1) is 19.6 Å². The van der Waals surface area contributed by atoms with Crippen molar-refractivity contribution in [2.24, 2.45) is 16.7 Å². The molecule has 0 aromatic rings. The van der Waals surface area contributed by atoms with Crippen LogP contribution in [0, 0.1) is 16.7 Å². The summed E-state index contributed by atoms with van der Waals surface area (Å²) in [5, 5.41) is 0. The molecule has 6 nitrogen and oxygen atoms in total. The van der Waals surface area contributed by atoms with E-state index in [4.69, 9.17) is 18.9 Å². The Balaban J connectivity index is 1.96. The molecule has 5 atom stereocenters. The van der Waals surface area contributed by atoms with E-state index in [0.717, 1.165) is 19.3 Å². The van der Waals surface area contributed by atoms with Gasteiger partial charge in [-0.15, -0.1) is 0 Å². The SMILES string of the molecule is COC(=O)[C@]12[C@H]3C(=O)O[C@@H]4OC[C@]31CCC/C=C\C[C@@]42OC. The largest absolute Gasteiger partial charge is 0.468 e. The molecule has 6 heteroatoms. The smallest absolute Gasteiger partial charge is 0.316 e. The highest BCUT2D eigenvalue weighted by atomic mass is 16.7. The fourth-order valence-electron chi connectivity index (χ4n) is 5.29. The number of methoxy groups -OCH3 is 2. The fourth-order valence-corrected chi connectivity index (χ4v) is 5.29. The molecule has 0 aromatic carbocycles. The summed E-state index contributed by atoms with van der Waals surface area (Å²) in [5.74, 6) is -1.26. The highest BCUT2D eigenvalue weighted by Gasteiger charge is 2.96. The predicted molar refractivity (Wildman–Crippen MR) is 73.6 cm³/mol. The normalized spacial score (nSPS) is 50.0. The summed E-state index contributed by atoms with van der Waals surface area (Å²) >= 11 is 0. The quantitative estimate of drug-likeness (QED) is 0.564. The second-order valence-corrected chi connectivity index (χ2v) is 6.63. The number of esters is 2. The molecule has 0 radical (unpaired) electrons. The first kappa shape index (κ1) is 14.2. The Hall–Kier alpha value is -1.40. The van der Waals surface area contributed by atoms with Crippen LogP contribution in [0.4, 0.5) is 0 Å². The molecular weight excluding hydrogens is 288 g/mol. The number of carbonyl (C=O) groups is 2. The van der Waals surface area contributed by atoms with Gasteiger partial charge in [0.2, 0.25) is 6.29 Å². The van der Waals surface area contributed by atoms with Crippen molar-refractivity contribution in [1.29, 1.82) is 0 Å². The van der Waals surface area contributed by atoms with Gasteiger partial charge in [0.1, 0.15) is 5.41 Å². The van der Waals surface area contributed by atoms with E-state index in [1.807, 2.05) is 6.08 Å². The van der Waals surface area contributed by atoms with Crippen molar-refractivity contribution in [2.75, 3.05) is 20.8 Å². The van der Waals surface area contributed by atoms with Crippen LogP contribution in [0.25, 0.3) is 0 Å². The number of hydrogen-bond donors (Lipinski definition) is 0. The standard InChI is InChI=1S/C16H20O6/c1-19-12(18)16-10-11(17)22-13-15(16,20-2)8-6-4-3-5-7-14(10,16)9-21-13/h4,6,10,13H,3,5,7-9H2,1-2H3/b6-4-/t10-,13-,14+,15+,16+/m0/s1. The Morgan fingerprint density at radius 1 is 1.36 bits per heavy atom. The lowest BCUT2D eigenvalue weighted by Gasteiger charge is -2.49. The summed E-state index contributed by atoms with van der Waals surface area (Å²) in [6.45, 7) is 0.342. The Labute approximate surface area is 128 Å². The van der Waals surface area contributed by atoms with Gasteiger partial charge in [-0.05, 0) is 19.3 Å². The molecule has 2 aliphatic heterocycles. The molecule has 2 heterocycles. The van der Waals surface area contributed by atoms with Crippen LogP contribution in [0.15, 0.2) is 12.2 Å². The predicted octanol–water partition coefficient (Wildman–Crippen LogP) is 1.19. The molecule has 120 valence electrons. The summed E-state index contributed by atoms with van der Waals surface area (Å²) in [5.41, 5.74) is -2.56. The van der Waals surface area contributed by atoms with Crippen molar-refractivity contribution >= 4 is 11.9 Å². The second-order valence-electron chi connectivity index (χ2n) is 6.63. The lowest BCUT2D eigenvalue weighted by Crippen LogP contribution is -2.64. The summed E-state index contributed by atoms with van der Waals surface area (Å²) in [6, 6.07) is 0. The topological polar surface area (TPSA) is 71.1 Å². The van der Waals surface area contributed by atoms with Gasteiger partial charge in [-0.25, -0.2) is 0 Å². The lowest BCUT2D eigenvalue weighted by atomic mass is 9.71. The van der Waals surface area contributed by atoms with Crippen molar-refractivity contribution in [3.05, 3.63) is 12.2 Å². The molecule has 4 rings (SSSR count). The summed E-state index contributed by atoms with van der Waals surface area (Å²) < 4.78 is 22.3. The highest BCUT2D eigenvalue weighted by molar-refractivity contribution is 5.97. The van der Waals surface area contributed by atoms with Crippen LogP contribution in [-0.2, 0) is 28.5 Å². The molecule has 2 saturated heterocycles. The van der Waals surface area contributed by atoms with E-state index in [2.05, 4.69) is 6.08 Å². The summed E-state index contributed by atoms with van der Waals surface area (Å²) in [6.07, 6.45) is 6.24. The van der Waals surface area contributed by atoms with Gasteiger partial charge in [0.25, 0.3) is 0 Å². The third kappa shape index (κ3) is 1.22. The van der Waals surface area contributed by atoms with Crippen LogP contribution < -0.4 is 0 Å². The molecule has 0 spiro atoms. The van der Waals surface area contributed by atoms with Crippen molar-refractivity contribution in [2.45, 2.75) is 37.6 Å². The average Bonchev–Trinajstić information content (AvgIpc) is 3.19. The molecule has 4 aliphatic rings. The van der Waals surface area contributed by atoms with Crippen molar-refractivity contribution < 1.29 is 28.5 Å². The molecule has 4 bridgehead atoms. The van der Waals surface area contributed by atoms with Crippen molar-refractivity contribution in [3.63, 3.8) is 0 Å². The lowest BCUT2D eigenvalue weighted by molar-refractivity contribution is -0.299. The minimum Gasteiger partial charge on any atom is -0.468 e. The van der Waals surface area contributed by atoms with Gasteiger partial charge in [-0.2, -0.15) is 0 Å². The van der Waals surface area contributed by atoms with E-state index in [1.54, 1.807) is 7.11 Å². The highest BCUT2D eigenvalue weighted by Crippen LogP contribution is 2.82. The van der Waals surface area contributed by atoms with Gasteiger partial charge in [-0.3, -0.25) is 9.59 Å². The van der Waals surface area contributed by atoms with Crippen LogP contribution in [0.2, 0.25) is 0 Å². The van der Waals surface area contributed by atoms with Gasteiger partial charge >= 0.3 is 11.9 Å². The number of carbonyl (C=O) groups excluding carboxylic acids is 2. The Bertz CT molecular complexity index is 571. The van der Waals surface area contributed by atoms with Crippen LogP contribution in [0.5, 0.6) is 0 Å². The number of ether oxygens (including phenoxy) is 4. The second kappa shape index (κ2) is 4.32. The molecule has 0 amide bonds. The molecule has 1 saturated carbocycles. The zero-order valence-corrected chi connectivity index (χ0v) is 12.8. The first-order valence-electron chi connectivity index (χ1n) is 7.71. The Morgan fingerprint density at radius 2 is 2.18 bits per heavy atom. The van der Waals surface area contributed by atoms with Gasteiger partial charge in [-0.1, -0.05) is 12.2 Å². The number of rotatable bonds is 2. The first-order valence-corrected chi connectivity index (χ1v) is 7.71. The van der Waals surface area contributed by atoms with Crippen LogP contribution in [0.1, 0.15) is 25.7 Å².